The van der Waals surface area contributed by atoms with E-state index in [1.807, 2.05) is 30.3 Å². The SMILES string of the molecule is CC1=C(Br)C(=O)c2cn(-c3ccccc3)nc2C1=O. The first-order chi connectivity index (χ1) is 9.09. The molecule has 1 aliphatic rings. The number of ketones is 2. The molecule has 0 saturated carbocycles. The number of aromatic nitrogens is 2. The molecule has 1 aliphatic carbocycles. The molecular weight excluding hydrogens is 308 g/mol. The Bertz CT molecular complexity index is 688. The normalized spacial score (nSPS) is 14.8. The fraction of sp³-hybridized carbons (Fsp3) is 0.0714. The van der Waals surface area contributed by atoms with Crippen LogP contribution in [-0.4, -0.2) is 21.3 Å². The number of rotatable bonds is 1. The van der Waals surface area contributed by atoms with E-state index in [0.29, 0.717) is 15.6 Å². The molecule has 0 atom stereocenters. The van der Waals surface area contributed by atoms with Gasteiger partial charge >= 0.3 is 0 Å². The number of benzene rings is 1. The average molecular weight is 317 g/mol. The van der Waals surface area contributed by atoms with E-state index in [4.69, 9.17) is 0 Å². The van der Waals surface area contributed by atoms with Crippen molar-refractivity contribution in [1.82, 2.24) is 9.78 Å². The molecule has 0 aliphatic heterocycles. The third-order valence-electron chi connectivity index (χ3n) is 3.06. The van der Waals surface area contributed by atoms with E-state index in [-0.39, 0.29) is 17.3 Å². The molecule has 94 valence electrons. The second-order valence-electron chi connectivity index (χ2n) is 4.27. The number of halogens is 1. The lowest BCUT2D eigenvalue weighted by Crippen LogP contribution is -2.17. The molecule has 0 radical (unpaired) electrons. The summed E-state index contributed by atoms with van der Waals surface area (Å²) in [6.45, 7) is 1.62. The molecule has 5 heteroatoms. The Labute approximate surface area is 117 Å². The summed E-state index contributed by atoms with van der Waals surface area (Å²) in [5, 5.41) is 4.23. The predicted octanol–water partition coefficient (Wildman–Crippen LogP) is 2.92. The highest BCUT2D eigenvalue weighted by Gasteiger charge is 2.32. The van der Waals surface area contributed by atoms with Crippen LogP contribution >= 0.6 is 15.9 Å². The van der Waals surface area contributed by atoms with Crippen molar-refractivity contribution in [2.24, 2.45) is 0 Å². The summed E-state index contributed by atoms with van der Waals surface area (Å²) in [5.74, 6) is -0.412. The van der Waals surface area contributed by atoms with Crippen molar-refractivity contribution in [3.63, 3.8) is 0 Å². The minimum Gasteiger partial charge on any atom is -0.288 e. The van der Waals surface area contributed by atoms with Crippen LogP contribution in [0.4, 0.5) is 0 Å². The fourth-order valence-electron chi connectivity index (χ4n) is 1.99. The molecule has 19 heavy (non-hydrogen) atoms. The van der Waals surface area contributed by atoms with E-state index in [1.54, 1.807) is 17.8 Å². The molecule has 0 fully saturated rings. The molecular formula is C14H9BrN2O2. The monoisotopic (exact) mass is 316 g/mol. The zero-order valence-corrected chi connectivity index (χ0v) is 11.6. The molecule has 0 unspecified atom stereocenters. The van der Waals surface area contributed by atoms with Gasteiger partial charge in [-0.05, 0) is 35.0 Å². The van der Waals surface area contributed by atoms with Crippen LogP contribution < -0.4 is 0 Å². The van der Waals surface area contributed by atoms with Gasteiger partial charge in [-0.1, -0.05) is 18.2 Å². The molecule has 0 N–H and O–H groups in total. The predicted molar refractivity (Wildman–Crippen MR) is 73.9 cm³/mol. The van der Waals surface area contributed by atoms with E-state index < -0.39 is 0 Å². The minimum atomic E-state index is -0.212. The second-order valence-corrected chi connectivity index (χ2v) is 5.06. The van der Waals surface area contributed by atoms with Gasteiger partial charge in [0.15, 0.2) is 0 Å². The fourth-order valence-corrected chi connectivity index (χ4v) is 2.38. The van der Waals surface area contributed by atoms with E-state index in [9.17, 15) is 9.59 Å². The maximum absolute atomic E-state index is 12.1. The van der Waals surface area contributed by atoms with Gasteiger partial charge in [0.25, 0.3) is 0 Å². The lowest BCUT2D eigenvalue weighted by molar-refractivity contribution is 0.0979. The highest BCUT2D eigenvalue weighted by Crippen LogP contribution is 2.29. The van der Waals surface area contributed by atoms with Crippen LogP contribution in [0.1, 0.15) is 27.8 Å². The number of hydrogen-bond acceptors (Lipinski definition) is 3. The van der Waals surface area contributed by atoms with Crippen LogP contribution in [0.15, 0.2) is 46.6 Å². The summed E-state index contributed by atoms with van der Waals surface area (Å²) < 4.78 is 1.87. The van der Waals surface area contributed by atoms with Gasteiger partial charge in [-0.15, -0.1) is 0 Å². The molecule has 0 spiro atoms. The molecule has 3 rings (SSSR count). The third-order valence-corrected chi connectivity index (χ3v) is 4.02. The first kappa shape index (κ1) is 12.0. The Morgan fingerprint density at radius 1 is 1.11 bits per heavy atom. The highest BCUT2D eigenvalue weighted by atomic mass is 79.9. The molecule has 1 aromatic carbocycles. The largest absolute Gasteiger partial charge is 0.288 e. The molecule has 4 nitrogen and oxygen atoms in total. The number of carbonyl (C=O) groups excluding carboxylic acids is 2. The molecule has 2 aromatic rings. The maximum atomic E-state index is 12.1. The van der Waals surface area contributed by atoms with E-state index in [0.717, 1.165) is 5.69 Å². The van der Waals surface area contributed by atoms with Crippen LogP contribution in [0, 0.1) is 0 Å². The van der Waals surface area contributed by atoms with Crippen molar-refractivity contribution >= 4 is 27.5 Å². The molecule has 0 amide bonds. The van der Waals surface area contributed by atoms with Gasteiger partial charge in [0, 0.05) is 11.8 Å². The van der Waals surface area contributed by atoms with Gasteiger partial charge in [0.05, 0.1) is 15.7 Å². The lowest BCUT2D eigenvalue weighted by Gasteiger charge is -2.09. The van der Waals surface area contributed by atoms with Crippen LogP contribution in [0.5, 0.6) is 0 Å². The Kier molecular flexibility index (Phi) is 2.71. The van der Waals surface area contributed by atoms with Gasteiger partial charge < -0.3 is 0 Å². The van der Waals surface area contributed by atoms with E-state index in [1.165, 1.54) is 0 Å². The Hall–Kier alpha value is -2.01. The number of fused-ring (bicyclic) bond motifs is 1. The summed E-state index contributed by atoms with van der Waals surface area (Å²) in [7, 11) is 0. The van der Waals surface area contributed by atoms with Crippen LogP contribution in [0.3, 0.4) is 0 Å². The van der Waals surface area contributed by atoms with Crippen molar-refractivity contribution < 1.29 is 9.59 Å². The first-order valence-electron chi connectivity index (χ1n) is 5.70. The summed E-state index contributed by atoms with van der Waals surface area (Å²) >= 11 is 3.17. The number of para-hydroxylation sites is 1. The first-order valence-corrected chi connectivity index (χ1v) is 6.50. The third kappa shape index (κ3) is 1.77. The molecule has 1 aromatic heterocycles. The smallest absolute Gasteiger partial charge is 0.210 e. The minimum absolute atomic E-state index is 0.200. The van der Waals surface area contributed by atoms with Crippen molar-refractivity contribution in [2.75, 3.05) is 0 Å². The summed E-state index contributed by atoms with van der Waals surface area (Å²) in [6, 6.07) is 9.37. The van der Waals surface area contributed by atoms with Gasteiger partial charge in [-0.3, -0.25) is 9.59 Å². The summed E-state index contributed by atoms with van der Waals surface area (Å²) in [4.78, 5) is 24.2. The van der Waals surface area contributed by atoms with E-state index >= 15 is 0 Å². The molecule has 1 heterocycles. The van der Waals surface area contributed by atoms with Crippen LogP contribution in [-0.2, 0) is 0 Å². The van der Waals surface area contributed by atoms with Crippen molar-refractivity contribution in [2.45, 2.75) is 6.92 Å². The number of Topliss-reactive ketones (excluding diaryl/α,β-unsaturated/α-hetero) is 2. The second kappa shape index (κ2) is 4.28. The maximum Gasteiger partial charge on any atom is 0.210 e. The summed E-state index contributed by atoms with van der Waals surface area (Å²) in [6.07, 6.45) is 1.60. The molecule has 0 bridgehead atoms. The van der Waals surface area contributed by atoms with Gasteiger partial charge in [0.2, 0.25) is 11.6 Å². The Morgan fingerprint density at radius 3 is 2.47 bits per heavy atom. The van der Waals surface area contributed by atoms with Gasteiger partial charge in [-0.2, -0.15) is 5.10 Å². The van der Waals surface area contributed by atoms with Crippen LogP contribution in [0.25, 0.3) is 5.69 Å². The number of hydrogen-bond donors (Lipinski definition) is 0. The van der Waals surface area contributed by atoms with Crippen molar-refractivity contribution in [3.05, 3.63) is 57.8 Å². The van der Waals surface area contributed by atoms with Gasteiger partial charge in [-0.25, -0.2) is 4.68 Å². The summed E-state index contributed by atoms with van der Waals surface area (Å²) in [5.41, 5.74) is 1.77. The van der Waals surface area contributed by atoms with Crippen LogP contribution in [0.2, 0.25) is 0 Å². The number of allylic oxidation sites excluding steroid dienone is 2. The average Bonchev–Trinajstić information content (AvgIpc) is 2.89. The Morgan fingerprint density at radius 2 is 1.79 bits per heavy atom. The molecule has 0 saturated heterocycles. The quantitative estimate of drug-likeness (QED) is 0.812. The standard InChI is InChI=1S/C14H9BrN2O2/c1-8-11(15)14(19)10-7-17(16-12(10)13(8)18)9-5-3-2-4-6-9/h2-7H,1H3. The number of nitrogens with zero attached hydrogens (tertiary/aromatic N) is 2. The van der Waals surface area contributed by atoms with Gasteiger partial charge in [0.1, 0.15) is 5.69 Å². The van der Waals surface area contributed by atoms with Crippen molar-refractivity contribution in [1.29, 1.82) is 0 Å². The van der Waals surface area contributed by atoms with E-state index in [2.05, 4.69) is 21.0 Å². The highest BCUT2D eigenvalue weighted by molar-refractivity contribution is 9.12. The zero-order chi connectivity index (χ0) is 13.6. The Balaban J connectivity index is 2.17. The lowest BCUT2D eigenvalue weighted by atomic mass is 9.97. The van der Waals surface area contributed by atoms with Crippen molar-refractivity contribution in [3.8, 4) is 5.69 Å². The topological polar surface area (TPSA) is 52.0 Å². The number of carbonyl (C=O) groups is 2. The zero-order valence-electron chi connectivity index (χ0n) is 10.1.